The summed E-state index contributed by atoms with van der Waals surface area (Å²) in [6, 6.07) is 22.9. The minimum atomic E-state index is -0.118. The molecule has 148 valence electrons. The molecule has 4 aromatic rings. The molecule has 30 heavy (non-hydrogen) atoms. The van der Waals surface area contributed by atoms with Gasteiger partial charge < -0.3 is 0 Å². The summed E-state index contributed by atoms with van der Waals surface area (Å²) in [5, 5.41) is 9.19. The fourth-order valence-corrected chi connectivity index (χ4v) is 4.94. The standard InChI is InChI=1S/C26H21BrN2O/c1-16(20-13-11-18-10-9-17-5-4-8-23(20)26(17)18)28-29-25(30)15-19-12-14-24(27)22-7-3-2-6-21(19)22/h2-8,11-14H,9-10,15H2,1H3,(H,29,30)/b28-16-. The minimum Gasteiger partial charge on any atom is -0.273 e. The number of aryl methyl sites for hydroxylation is 2. The van der Waals surface area contributed by atoms with Gasteiger partial charge in [0.25, 0.3) is 0 Å². The van der Waals surface area contributed by atoms with Crippen molar-refractivity contribution in [3.63, 3.8) is 0 Å². The molecule has 0 aliphatic heterocycles. The van der Waals surface area contributed by atoms with E-state index in [0.717, 1.165) is 44.9 Å². The van der Waals surface area contributed by atoms with Crippen molar-refractivity contribution in [2.24, 2.45) is 5.10 Å². The Morgan fingerprint density at radius 1 is 0.900 bits per heavy atom. The second kappa shape index (κ2) is 7.69. The van der Waals surface area contributed by atoms with Crippen LogP contribution in [0.4, 0.5) is 0 Å². The third kappa shape index (κ3) is 3.31. The Morgan fingerprint density at radius 3 is 2.47 bits per heavy atom. The van der Waals surface area contributed by atoms with Crippen molar-refractivity contribution in [1.82, 2.24) is 5.43 Å². The van der Waals surface area contributed by atoms with Crippen LogP contribution in [0.15, 0.2) is 76.3 Å². The summed E-state index contributed by atoms with van der Waals surface area (Å²) in [4.78, 5) is 12.6. The van der Waals surface area contributed by atoms with Crippen LogP contribution in [0.5, 0.6) is 0 Å². The maximum absolute atomic E-state index is 12.6. The Hall–Kier alpha value is -2.98. The SMILES string of the molecule is C/C(=N/NC(=O)Cc1ccc(Br)c2ccccc12)c1ccc2c3c(cccc13)CC2. The maximum Gasteiger partial charge on any atom is 0.244 e. The highest BCUT2D eigenvalue weighted by Gasteiger charge is 2.17. The second-order valence-corrected chi connectivity index (χ2v) is 8.63. The number of fused-ring (bicyclic) bond motifs is 1. The maximum atomic E-state index is 12.6. The lowest BCUT2D eigenvalue weighted by Gasteiger charge is -2.10. The molecule has 1 amide bonds. The molecule has 0 spiro atoms. The molecule has 4 aromatic carbocycles. The first kappa shape index (κ1) is 19.0. The van der Waals surface area contributed by atoms with Gasteiger partial charge in [0.1, 0.15) is 0 Å². The van der Waals surface area contributed by atoms with E-state index in [0.29, 0.717) is 0 Å². The Morgan fingerprint density at radius 2 is 1.63 bits per heavy atom. The summed E-state index contributed by atoms with van der Waals surface area (Å²) in [5.41, 5.74) is 8.45. The smallest absolute Gasteiger partial charge is 0.244 e. The molecule has 1 aliphatic carbocycles. The average molecular weight is 457 g/mol. The molecule has 0 saturated carbocycles. The third-order valence-electron chi connectivity index (χ3n) is 5.93. The van der Waals surface area contributed by atoms with Crippen LogP contribution in [0.1, 0.15) is 29.2 Å². The molecule has 0 saturated heterocycles. The Bertz CT molecular complexity index is 1330. The van der Waals surface area contributed by atoms with Crippen LogP contribution in [-0.2, 0) is 24.1 Å². The zero-order valence-electron chi connectivity index (χ0n) is 16.7. The highest BCUT2D eigenvalue weighted by molar-refractivity contribution is 9.10. The highest BCUT2D eigenvalue weighted by Crippen LogP contribution is 2.33. The Balaban J connectivity index is 1.40. The van der Waals surface area contributed by atoms with Crippen molar-refractivity contribution < 1.29 is 4.79 Å². The predicted molar refractivity (Wildman–Crippen MR) is 127 cm³/mol. The first-order chi connectivity index (χ1) is 14.6. The van der Waals surface area contributed by atoms with Crippen LogP contribution in [0.3, 0.4) is 0 Å². The number of hydrogen-bond acceptors (Lipinski definition) is 2. The molecule has 0 unspecified atom stereocenters. The summed E-state index contributed by atoms with van der Waals surface area (Å²) in [6.45, 7) is 1.95. The highest BCUT2D eigenvalue weighted by atomic mass is 79.9. The van der Waals surface area contributed by atoms with Crippen molar-refractivity contribution in [2.75, 3.05) is 0 Å². The molecule has 0 bridgehead atoms. The first-order valence-corrected chi connectivity index (χ1v) is 10.9. The van der Waals surface area contributed by atoms with Crippen molar-refractivity contribution in [1.29, 1.82) is 0 Å². The van der Waals surface area contributed by atoms with Gasteiger partial charge in [-0.25, -0.2) is 5.43 Å². The number of amides is 1. The van der Waals surface area contributed by atoms with Gasteiger partial charge in [-0.05, 0) is 64.1 Å². The van der Waals surface area contributed by atoms with Crippen molar-refractivity contribution in [3.8, 4) is 0 Å². The van der Waals surface area contributed by atoms with Gasteiger partial charge in [0, 0.05) is 10.0 Å². The van der Waals surface area contributed by atoms with E-state index in [9.17, 15) is 4.79 Å². The Kier molecular flexibility index (Phi) is 4.87. The number of carbonyl (C=O) groups excluding carboxylic acids is 1. The van der Waals surface area contributed by atoms with Crippen LogP contribution in [0.2, 0.25) is 0 Å². The molecule has 1 aliphatic rings. The molecule has 5 rings (SSSR count). The van der Waals surface area contributed by atoms with Gasteiger partial charge in [0.15, 0.2) is 0 Å². The fourth-order valence-electron chi connectivity index (χ4n) is 4.46. The van der Waals surface area contributed by atoms with E-state index in [-0.39, 0.29) is 12.3 Å². The molecule has 1 N–H and O–H groups in total. The van der Waals surface area contributed by atoms with E-state index in [1.807, 2.05) is 37.3 Å². The molecular weight excluding hydrogens is 436 g/mol. The van der Waals surface area contributed by atoms with Crippen molar-refractivity contribution in [3.05, 3.63) is 93.5 Å². The third-order valence-corrected chi connectivity index (χ3v) is 6.62. The largest absolute Gasteiger partial charge is 0.273 e. The Labute approximate surface area is 183 Å². The van der Waals surface area contributed by atoms with E-state index in [2.05, 4.69) is 62.9 Å². The van der Waals surface area contributed by atoms with Crippen LogP contribution in [0.25, 0.3) is 21.5 Å². The second-order valence-electron chi connectivity index (χ2n) is 7.77. The number of rotatable bonds is 4. The van der Waals surface area contributed by atoms with Gasteiger partial charge in [0.05, 0.1) is 12.1 Å². The van der Waals surface area contributed by atoms with E-state index in [1.54, 1.807) is 0 Å². The zero-order valence-corrected chi connectivity index (χ0v) is 18.3. The van der Waals surface area contributed by atoms with Crippen LogP contribution >= 0.6 is 15.9 Å². The number of hydrogen-bond donors (Lipinski definition) is 1. The summed E-state index contributed by atoms with van der Waals surface area (Å²) < 4.78 is 1.03. The lowest BCUT2D eigenvalue weighted by atomic mass is 9.98. The van der Waals surface area contributed by atoms with E-state index < -0.39 is 0 Å². The van der Waals surface area contributed by atoms with Gasteiger partial charge in [-0.2, -0.15) is 5.10 Å². The van der Waals surface area contributed by atoms with Gasteiger partial charge >= 0.3 is 0 Å². The normalized spacial score (nSPS) is 13.2. The van der Waals surface area contributed by atoms with Crippen LogP contribution < -0.4 is 5.43 Å². The number of carbonyl (C=O) groups is 1. The molecule has 0 atom stereocenters. The monoisotopic (exact) mass is 456 g/mol. The van der Waals surface area contributed by atoms with E-state index in [1.165, 1.54) is 21.9 Å². The molecule has 4 heteroatoms. The fraction of sp³-hybridized carbons (Fsp3) is 0.154. The topological polar surface area (TPSA) is 41.5 Å². The molecule has 3 nitrogen and oxygen atoms in total. The van der Waals surface area contributed by atoms with Crippen molar-refractivity contribution >= 4 is 49.1 Å². The molecule has 0 fully saturated rings. The number of hydrazone groups is 1. The lowest BCUT2D eigenvalue weighted by Crippen LogP contribution is -2.21. The number of benzene rings is 4. The minimum absolute atomic E-state index is 0.118. The summed E-state index contributed by atoms with van der Waals surface area (Å²) in [5.74, 6) is -0.118. The average Bonchev–Trinajstić information content (AvgIpc) is 3.19. The molecule has 0 radical (unpaired) electrons. The van der Waals surface area contributed by atoms with Crippen LogP contribution in [-0.4, -0.2) is 11.6 Å². The van der Waals surface area contributed by atoms with Gasteiger partial charge in [-0.15, -0.1) is 0 Å². The number of nitrogens with zero attached hydrogens (tertiary/aromatic N) is 1. The van der Waals surface area contributed by atoms with Crippen LogP contribution in [0, 0.1) is 0 Å². The molecular formula is C26H21BrN2O. The first-order valence-electron chi connectivity index (χ1n) is 10.1. The van der Waals surface area contributed by atoms with Gasteiger partial charge in [-0.1, -0.05) is 76.6 Å². The van der Waals surface area contributed by atoms with E-state index >= 15 is 0 Å². The lowest BCUT2D eigenvalue weighted by molar-refractivity contribution is -0.120. The number of halogens is 1. The molecule has 0 heterocycles. The zero-order chi connectivity index (χ0) is 20.7. The quantitative estimate of drug-likeness (QED) is 0.299. The van der Waals surface area contributed by atoms with Gasteiger partial charge in [0.2, 0.25) is 5.91 Å². The van der Waals surface area contributed by atoms with Gasteiger partial charge in [-0.3, -0.25) is 4.79 Å². The molecule has 0 aromatic heterocycles. The summed E-state index contributed by atoms with van der Waals surface area (Å²) >= 11 is 3.58. The number of nitrogens with one attached hydrogen (secondary N) is 1. The summed E-state index contributed by atoms with van der Waals surface area (Å²) in [7, 11) is 0. The van der Waals surface area contributed by atoms with Crippen molar-refractivity contribution in [2.45, 2.75) is 26.2 Å². The predicted octanol–water partition coefficient (Wildman–Crippen LogP) is 5.94. The summed E-state index contributed by atoms with van der Waals surface area (Å²) in [6.07, 6.45) is 2.49. The van der Waals surface area contributed by atoms with E-state index in [4.69, 9.17) is 0 Å².